The number of hydrogen-bond donors (Lipinski definition) is 3. The van der Waals surface area contributed by atoms with Crippen LogP contribution >= 0.6 is 22.9 Å². The monoisotopic (exact) mass is 651 g/mol. The number of hydrogen-bond acceptors (Lipinski definition) is 8. The zero-order valence-electron chi connectivity index (χ0n) is 23.3. The lowest BCUT2D eigenvalue weighted by Gasteiger charge is -2.38. The maximum absolute atomic E-state index is 12.9. The molecule has 3 N–H and O–H groups in total. The van der Waals surface area contributed by atoms with Gasteiger partial charge in [-0.05, 0) is 55.6 Å². The standard InChI is InChI=1S/C28H27ClF3N5O3S.CH2O2/c29-17-10-16-2-1-8-36(18-3-6-33-13-18)25(16)21(11-17)20-4-7-34-22-12-19(41-26(20)22)14-37-24(39)5-9-35(27(37)40)15-23(38)28(30,31)32;2-1-3/h4-5,7,9-12,18,23,33,38H,1-3,6,8,13-15H2;1H,(H,2,3)/t18-,23+;/m0./s1. The molecule has 5 heterocycles. The lowest BCUT2D eigenvalue weighted by atomic mass is 9.92. The predicted octanol–water partition coefficient (Wildman–Crippen LogP) is 3.73. The van der Waals surface area contributed by atoms with Gasteiger partial charge in [-0.1, -0.05) is 11.6 Å². The maximum atomic E-state index is 12.9. The van der Waals surface area contributed by atoms with Crippen molar-refractivity contribution in [2.24, 2.45) is 0 Å². The van der Waals surface area contributed by atoms with Crippen LogP contribution in [0, 0.1) is 0 Å². The summed E-state index contributed by atoms with van der Waals surface area (Å²) in [5, 5.41) is 20.4. The van der Waals surface area contributed by atoms with E-state index >= 15 is 0 Å². The van der Waals surface area contributed by atoms with Gasteiger partial charge in [-0.15, -0.1) is 11.3 Å². The number of nitrogens with one attached hydrogen (secondary N) is 1. The Kier molecular flexibility index (Phi) is 9.44. The van der Waals surface area contributed by atoms with Gasteiger partial charge >= 0.3 is 11.9 Å². The summed E-state index contributed by atoms with van der Waals surface area (Å²) in [6.45, 7) is 1.44. The van der Waals surface area contributed by atoms with Crippen LogP contribution in [0.1, 0.15) is 23.3 Å². The van der Waals surface area contributed by atoms with E-state index < -0.39 is 30.1 Å². The van der Waals surface area contributed by atoms with Crippen molar-refractivity contribution in [3.8, 4) is 11.1 Å². The maximum Gasteiger partial charge on any atom is 0.416 e. The van der Waals surface area contributed by atoms with Crippen molar-refractivity contribution >= 4 is 45.3 Å². The van der Waals surface area contributed by atoms with Gasteiger partial charge in [0.05, 0.1) is 23.3 Å². The summed E-state index contributed by atoms with van der Waals surface area (Å²) in [5.74, 6) is 0. The van der Waals surface area contributed by atoms with Gasteiger partial charge in [-0.2, -0.15) is 13.2 Å². The van der Waals surface area contributed by atoms with Crippen LogP contribution in [0.15, 0.2) is 52.3 Å². The topological polar surface area (TPSA) is 130 Å². The summed E-state index contributed by atoms with van der Waals surface area (Å²) in [5.41, 5.74) is 3.40. The average Bonchev–Trinajstić information content (AvgIpc) is 3.66. The van der Waals surface area contributed by atoms with Gasteiger partial charge < -0.3 is 20.4 Å². The number of nitrogens with zero attached hydrogens (tertiary/aromatic N) is 4. The van der Waals surface area contributed by atoms with Gasteiger partial charge in [0.25, 0.3) is 12.0 Å². The van der Waals surface area contributed by atoms with Crippen LogP contribution in [0.4, 0.5) is 18.9 Å². The summed E-state index contributed by atoms with van der Waals surface area (Å²) in [6, 6.07) is 9.14. The predicted molar refractivity (Wildman–Crippen MR) is 162 cm³/mol. The fourth-order valence-corrected chi connectivity index (χ4v) is 7.15. The highest BCUT2D eigenvalue weighted by Crippen LogP contribution is 2.44. The summed E-state index contributed by atoms with van der Waals surface area (Å²) < 4.78 is 41.1. The minimum atomic E-state index is -4.89. The van der Waals surface area contributed by atoms with Gasteiger partial charge in [-0.3, -0.25) is 23.7 Å². The number of carboxylic acid groups (broad SMARTS) is 1. The van der Waals surface area contributed by atoms with Gasteiger partial charge in [0.2, 0.25) is 0 Å². The fourth-order valence-electron chi connectivity index (χ4n) is 5.78. The molecule has 0 spiro atoms. The van der Waals surface area contributed by atoms with E-state index in [1.807, 2.05) is 18.2 Å². The van der Waals surface area contributed by atoms with Crippen molar-refractivity contribution in [3.63, 3.8) is 0 Å². The molecular weight excluding hydrogens is 623 g/mol. The van der Waals surface area contributed by atoms with E-state index in [1.165, 1.54) is 22.6 Å². The number of aromatic nitrogens is 3. The molecule has 0 unspecified atom stereocenters. The number of thiophene rings is 1. The lowest BCUT2D eigenvalue weighted by Crippen LogP contribution is -2.43. The third kappa shape index (κ3) is 6.53. The highest BCUT2D eigenvalue weighted by molar-refractivity contribution is 7.19. The van der Waals surface area contributed by atoms with Gasteiger partial charge in [0, 0.05) is 64.3 Å². The molecule has 2 aliphatic rings. The molecule has 1 saturated heterocycles. The minimum Gasteiger partial charge on any atom is -0.483 e. The lowest BCUT2D eigenvalue weighted by molar-refractivity contribution is -0.207. The second-order valence-corrected chi connectivity index (χ2v) is 12.1. The van der Waals surface area contributed by atoms with Gasteiger partial charge in [-0.25, -0.2) is 4.79 Å². The highest BCUT2D eigenvalue weighted by Gasteiger charge is 2.38. The number of aliphatic hydroxyl groups excluding tert-OH is 1. The fraction of sp³-hybridized carbons (Fsp3) is 0.379. The molecule has 234 valence electrons. The molecule has 1 aromatic carbocycles. The van der Waals surface area contributed by atoms with E-state index in [-0.39, 0.29) is 13.0 Å². The molecule has 3 aromatic heterocycles. The van der Waals surface area contributed by atoms with Crippen LogP contribution in [0.2, 0.25) is 5.02 Å². The molecule has 0 saturated carbocycles. The van der Waals surface area contributed by atoms with Crippen LogP contribution < -0.4 is 21.5 Å². The van der Waals surface area contributed by atoms with Crippen molar-refractivity contribution in [3.05, 3.63) is 79.0 Å². The Labute approximate surface area is 258 Å². The molecule has 0 radical (unpaired) electrons. The number of anilines is 1. The molecule has 15 heteroatoms. The average molecular weight is 652 g/mol. The Morgan fingerprint density at radius 2 is 1.98 bits per heavy atom. The smallest absolute Gasteiger partial charge is 0.416 e. The highest BCUT2D eigenvalue weighted by atomic mass is 35.5. The zero-order chi connectivity index (χ0) is 31.6. The number of halogens is 4. The van der Waals surface area contributed by atoms with Crippen LogP contribution in [0.3, 0.4) is 0 Å². The van der Waals surface area contributed by atoms with E-state index in [0.717, 1.165) is 71.6 Å². The van der Waals surface area contributed by atoms with E-state index in [1.54, 1.807) is 12.3 Å². The molecule has 0 amide bonds. The SMILES string of the molecule is O=CO.O=c1ccn(C[C@@H](O)C(F)(F)F)c(=O)n1Cc1cc2nccc(-c3cc(Cl)cc4c3N([C@H]3CCNC3)CCC4)c2s1. The Morgan fingerprint density at radius 3 is 2.68 bits per heavy atom. The number of aryl methyl sites for hydroxylation is 1. The third-order valence-corrected chi connectivity index (χ3v) is 9.08. The second kappa shape index (κ2) is 13.1. The molecule has 2 atom stereocenters. The first-order chi connectivity index (χ1) is 21.0. The number of alkyl halides is 3. The first-order valence-electron chi connectivity index (χ1n) is 13.8. The van der Waals surface area contributed by atoms with Crippen molar-refractivity contribution < 1.29 is 28.2 Å². The Balaban J connectivity index is 0.00000123. The first kappa shape index (κ1) is 31.7. The number of rotatable bonds is 6. The van der Waals surface area contributed by atoms with Gasteiger partial charge in [0.15, 0.2) is 6.10 Å². The zero-order valence-corrected chi connectivity index (χ0v) is 24.8. The largest absolute Gasteiger partial charge is 0.483 e. The Bertz CT molecular complexity index is 1780. The molecular formula is C29H29ClF3N5O5S. The summed E-state index contributed by atoms with van der Waals surface area (Å²) in [7, 11) is 0. The van der Waals surface area contributed by atoms with E-state index in [4.69, 9.17) is 21.5 Å². The van der Waals surface area contributed by atoms with Crippen LogP contribution in [-0.2, 0) is 24.3 Å². The number of fused-ring (bicyclic) bond motifs is 2. The van der Waals surface area contributed by atoms with Gasteiger partial charge in [0.1, 0.15) is 0 Å². The summed E-state index contributed by atoms with van der Waals surface area (Å²) >= 11 is 7.98. The van der Waals surface area contributed by atoms with Crippen molar-refractivity contribution in [2.45, 2.75) is 50.7 Å². The normalized spacial score (nSPS) is 17.2. The molecule has 44 heavy (non-hydrogen) atoms. The third-order valence-electron chi connectivity index (χ3n) is 7.72. The first-order valence-corrected chi connectivity index (χ1v) is 15.0. The number of carbonyl (C=O) groups is 1. The molecule has 6 rings (SSSR count). The van der Waals surface area contributed by atoms with Crippen LogP contribution in [0.25, 0.3) is 21.3 Å². The Morgan fingerprint density at radius 1 is 1.20 bits per heavy atom. The van der Waals surface area contributed by atoms with Crippen molar-refractivity contribution in [1.82, 2.24) is 19.4 Å². The number of pyridine rings is 1. The Hall–Kier alpha value is -3.72. The molecule has 10 nitrogen and oxygen atoms in total. The van der Waals surface area contributed by atoms with Crippen LogP contribution in [0.5, 0.6) is 0 Å². The quantitative estimate of drug-likeness (QED) is 0.269. The molecule has 2 aliphatic heterocycles. The summed E-state index contributed by atoms with van der Waals surface area (Å²) in [4.78, 5) is 41.5. The van der Waals surface area contributed by atoms with Crippen molar-refractivity contribution in [2.75, 3.05) is 24.5 Å². The second-order valence-electron chi connectivity index (χ2n) is 10.5. The molecule has 0 aliphatic carbocycles. The molecule has 4 aromatic rings. The van der Waals surface area contributed by atoms with Crippen LogP contribution in [-0.4, -0.2) is 68.8 Å². The molecule has 1 fully saturated rings. The molecule has 0 bridgehead atoms. The minimum absolute atomic E-state index is 0.144. The van der Waals surface area contributed by atoms with Crippen molar-refractivity contribution in [1.29, 1.82) is 0 Å². The number of aliphatic hydroxyl groups is 1. The number of benzene rings is 1. The summed E-state index contributed by atoms with van der Waals surface area (Å²) in [6.07, 6.45) is -1.92. The van der Waals surface area contributed by atoms with E-state index in [9.17, 15) is 27.9 Å². The van der Waals surface area contributed by atoms with E-state index in [0.29, 0.717) is 26.0 Å². The van der Waals surface area contributed by atoms with E-state index in [2.05, 4.69) is 15.2 Å².